The fraction of sp³-hybridized carbons (Fsp3) is 0.200. The van der Waals surface area contributed by atoms with Crippen LogP contribution in [0.1, 0.15) is 5.82 Å². The largest absolute Gasteiger partial charge is 0.335 e. The van der Waals surface area contributed by atoms with Crippen LogP contribution in [0.2, 0.25) is 0 Å². The maximum atomic E-state index is 4.00. The molecule has 0 bridgehead atoms. The molecule has 0 saturated heterocycles. The molecule has 0 spiro atoms. The van der Waals surface area contributed by atoms with E-state index in [-0.39, 0.29) is 0 Å². The molecule has 1 N–H and O–H groups in total. The van der Waals surface area contributed by atoms with E-state index in [1.165, 1.54) is 0 Å². The summed E-state index contributed by atoms with van der Waals surface area (Å²) in [5, 5.41) is 0. The second-order valence-electron chi connectivity index (χ2n) is 1.62. The first-order valence-corrected chi connectivity index (χ1v) is 3.22. The predicted octanol–water partition coefficient (Wildman–Crippen LogP) is 1.81. The zero-order valence-corrected chi connectivity index (χ0v) is 6.57. The Kier molecular flexibility index (Phi) is 1.66. The summed E-state index contributed by atoms with van der Waals surface area (Å²) < 4.78 is 0.787. The lowest BCUT2D eigenvalue weighted by Gasteiger charge is -1.78. The number of rotatable bonds is 1. The van der Waals surface area contributed by atoms with Gasteiger partial charge in [0, 0.05) is 0 Å². The van der Waals surface area contributed by atoms with Crippen molar-refractivity contribution >= 4 is 28.5 Å². The average Bonchev–Trinajstić information content (AvgIpc) is 2.10. The monoisotopic (exact) mass is 187 g/mol. The molecule has 1 aromatic rings. The summed E-state index contributed by atoms with van der Waals surface area (Å²) in [6.45, 7) is 5.20. The molecule has 0 radical (unpaired) electrons. The van der Waals surface area contributed by atoms with Crippen molar-refractivity contribution in [2.24, 2.45) is 4.99 Å². The van der Waals surface area contributed by atoms with Gasteiger partial charge in [-0.15, -0.1) is 0 Å². The van der Waals surface area contributed by atoms with Crippen molar-refractivity contribution in [3.05, 3.63) is 10.4 Å². The first-order valence-electron chi connectivity index (χ1n) is 2.43. The van der Waals surface area contributed by atoms with E-state index in [4.69, 9.17) is 0 Å². The van der Waals surface area contributed by atoms with Gasteiger partial charge >= 0.3 is 0 Å². The van der Waals surface area contributed by atoms with Gasteiger partial charge < -0.3 is 4.98 Å². The smallest absolute Gasteiger partial charge is 0.184 e. The van der Waals surface area contributed by atoms with Crippen molar-refractivity contribution < 1.29 is 0 Å². The Bertz CT molecular complexity index is 228. The van der Waals surface area contributed by atoms with Crippen molar-refractivity contribution in [3.63, 3.8) is 0 Å². The van der Waals surface area contributed by atoms with Crippen molar-refractivity contribution in [2.45, 2.75) is 6.92 Å². The van der Waals surface area contributed by atoms with Crippen LogP contribution in [-0.4, -0.2) is 16.7 Å². The molecule has 4 heteroatoms. The summed E-state index contributed by atoms with van der Waals surface area (Å²) in [7, 11) is 0. The third-order valence-corrected chi connectivity index (χ3v) is 1.46. The van der Waals surface area contributed by atoms with Gasteiger partial charge in [0.1, 0.15) is 10.4 Å². The Morgan fingerprint density at radius 2 is 2.44 bits per heavy atom. The zero-order chi connectivity index (χ0) is 6.85. The molecule has 0 aromatic carbocycles. The number of halogens is 1. The van der Waals surface area contributed by atoms with Gasteiger partial charge in [0.05, 0.1) is 0 Å². The highest BCUT2D eigenvalue weighted by Crippen LogP contribution is 2.20. The molecule has 0 amide bonds. The minimum atomic E-state index is 0.618. The van der Waals surface area contributed by atoms with E-state index in [0.717, 1.165) is 10.4 Å². The first kappa shape index (κ1) is 6.48. The number of aromatic amines is 1. The highest BCUT2D eigenvalue weighted by molar-refractivity contribution is 9.10. The van der Waals surface area contributed by atoms with Gasteiger partial charge in [-0.2, -0.15) is 0 Å². The second kappa shape index (κ2) is 2.31. The number of aliphatic imine (C=N–C) groups is 1. The van der Waals surface area contributed by atoms with Crippen LogP contribution >= 0.6 is 15.9 Å². The quantitative estimate of drug-likeness (QED) is 0.670. The van der Waals surface area contributed by atoms with E-state index < -0.39 is 0 Å². The standard InChI is InChI=1S/C5H6BrN3/c1-3-8-4(6)5(7-2)9-3/h2H2,1H3,(H,8,9). The average molecular weight is 188 g/mol. The fourth-order valence-electron chi connectivity index (χ4n) is 0.555. The van der Waals surface area contributed by atoms with E-state index in [2.05, 4.69) is 37.6 Å². The lowest BCUT2D eigenvalue weighted by atomic mass is 10.7. The summed E-state index contributed by atoms with van der Waals surface area (Å²) in [5.41, 5.74) is 0. The number of hydrogen-bond acceptors (Lipinski definition) is 2. The molecule has 0 saturated carbocycles. The fourth-order valence-corrected chi connectivity index (χ4v) is 1.06. The maximum absolute atomic E-state index is 4.00. The number of H-pyrrole nitrogens is 1. The Balaban J connectivity index is 3.15. The first-order chi connectivity index (χ1) is 4.24. The number of imidazole rings is 1. The summed E-state index contributed by atoms with van der Waals surface area (Å²) in [5.74, 6) is 1.46. The Morgan fingerprint density at radius 3 is 2.67 bits per heavy atom. The highest BCUT2D eigenvalue weighted by Gasteiger charge is 1.99. The number of hydrogen-bond donors (Lipinski definition) is 1. The van der Waals surface area contributed by atoms with Crippen LogP contribution in [0, 0.1) is 6.92 Å². The van der Waals surface area contributed by atoms with Crippen LogP contribution in [0.4, 0.5) is 5.82 Å². The molecule has 1 heterocycles. The molecule has 0 fully saturated rings. The van der Waals surface area contributed by atoms with Crippen LogP contribution < -0.4 is 0 Å². The molecule has 0 unspecified atom stereocenters. The molecule has 9 heavy (non-hydrogen) atoms. The lowest BCUT2D eigenvalue weighted by Crippen LogP contribution is -1.68. The summed E-state index contributed by atoms with van der Waals surface area (Å²) in [6.07, 6.45) is 0. The molecule has 1 rings (SSSR count). The van der Waals surface area contributed by atoms with Crippen molar-refractivity contribution in [1.29, 1.82) is 0 Å². The van der Waals surface area contributed by atoms with Gasteiger partial charge in [-0.3, -0.25) is 0 Å². The van der Waals surface area contributed by atoms with E-state index in [1.807, 2.05) is 6.92 Å². The summed E-state index contributed by atoms with van der Waals surface area (Å²) in [4.78, 5) is 10.6. The van der Waals surface area contributed by atoms with Gasteiger partial charge in [-0.05, 0) is 29.6 Å². The molecule has 0 aliphatic carbocycles. The topological polar surface area (TPSA) is 41.0 Å². The number of aryl methyl sites for hydroxylation is 1. The van der Waals surface area contributed by atoms with Crippen molar-refractivity contribution in [3.8, 4) is 0 Å². The van der Waals surface area contributed by atoms with Crippen molar-refractivity contribution in [1.82, 2.24) is 9.97 Å². The Morgan fingerprint density at radius 1 is 1.78 bits per heavy atom. The lowest BCUT2D eigenvalue weighted by molar-refractivity contribution is 1.14. The third kappa shape index (κ3) is 1.18. The number of nitrogens with one attached hydrogen (secondary N) is 1. The molecule has 1 aromatic heterocycles. The molecular weight excluding hydrogens is 182 g/mol. The van der Waals surface area contributed by atoms with Crippen LogP contribution in [0.25, 0.3) is 0 Å². The molecule has 3 nitrogen and oxygen atoms in total. The van der Waals surface area contributed by atoms with E-state index in [9.17, 15) is 0 Å². The molecule has 0 aliphatic heterocycles. The van der Waals surface area contributed by atoms with Crippen LogP contribution in [0.3, 0.4) is 0 Å². The normalized spacial score (nSPS) is 9.56. The molecule has 0 aliphatic rings. The number of aromatic nitrogens is 2. The van der Waals surface area contributed by atoms with E-state index >= 15 is 0 Å². The zero-order valence-electron chi connectivity index (χ0n) is 4.98. The van der Waals surface area contributed by atoms with Gasteiger partial charge in [-0.1, -0.05) is 0 Å². The maximum Gasteiger partial charge on any atom is 0.184 e. The minimum Gasteiger partial charge on any atom is -0.335 e. The molecule has 48 valence electrons. The van der Waals surface area contributed by atoms with Gasteiger partial charge in [0.2, 0.25) is 0 Å². The van der Waals surface area contributed by atoms with E-state index in [1.54, 1.807) is 0 Å². The van der Waals surface area contributed by atoms with Crippen LogP contribution in [-0.2, 0) is 0 Å². The van der Waals surface area contributed by atoms with E-state index in [0.29, 0.717) is 5.82 Å². The minimum absolute atomic E-state index is 0.618. The van der Waals surface area contributed by atoms with Crippen LogP contribution in [0.15, 0.2) is 9.60 Å². The van der Waals surface area contributed by atoms with Gasteiger partial charge in [0.25, 0.3) is 0 Å². The Hall–Kier alpha value is -0.640. The third-order valence-electron chi connectivity index (χ3n) is 0.910. The summed E-state index contributed by atoms with van der Waals surface area (Å²) >= 11 is 3.23. The SMILES string of the molecule is C=Nc1nc(C)[nH]c1Br. The second-order valence-corrected chi connectivity index (χ2v) is 2.41. The van der Waals surface area contributed by atoms with Gasteiger partial charge in [0.15, 0.2) is 5.82 Å². The Labute approximate surface area is 61.4 Å². The van der Waals surface area contributed by atoms with Crippen LogP contribution in [0.5, 0.6) is 0 Å². The summed E-state index contributed by atoms with van der Waals surface area (Å²) in [6, 6.07) is 0. The highest BCUT2D eigenvalue weighted by atomic mass is 79.9. The predicted molar refractivity (Wildman–Crippen MR) is 40.2 cm³/mol. The van der Waals surface area contributed by atoms with Crippen molar-refractivity contribution in [2.75, 3.05) is 0 Å². The molecule has 0 atom stereocenters. The molecular formula is C5H6BrN3. The van der Waals surface area contributed by atoms with Gasteiger partial charge in [-0.25, -0.2) is 9.98 Å². The number of nitrogens with zero attached hydrogens (tertiary/aromatic N) is 2.